The predicted molar refractivity (Wildman–Crippen MR) is 125 cm³/mol. The molecule has 3 aromatic carbocycles. The van der Waals surface area contributed by atoms with E-state index in [0.29, 0.717) is 11.3 Å². The normalized spacial score (nSPS) is 13.5. The number of carboxylic acids is 1. The van der Waals surface area contributed by atoms with Crippen LogP contribution in [0.25, 0.3) is 11.1 Å². The first kappa shape index (κ1) is 22.4. The Kier molecular flexibility index (Phi) is 6.09. The summed E-state index contributed by atoms with van der Waals surface area (Å²) in [6, 6.07) is 21.5. The summed E-state index contributed by atoms with van der Waals surface area (Å²) in [7, 11) is 0. The maximum Gasteiger partial charge on any atom is 0.408 e. The van der Waals surface area contributed by atoms with Crippen molar-refractivity contribution in [1.29, 1.82) is 0 Å². The van der Waals surface area contributed by atoms with E-state index < -0.39 is 18.1 Å². The van der Waals surface area contributed by atoms with Gasteiger partial charge in [-0.1, -0.05) is 60.7 Å². The minimum Gasteiger partial charge on any atom is -0.488 e. The zero-order valence-corrected chi connectivity index (χ0v) is 18.9. The molecule has 0 saturated heterocycles. The highest BCUT2D eigenvalue weighted by molar-refractivity contribution is 5.82. The molecule has 0 aromatic heterocycles. The molecule has 0 fully saturated rings. The van der Waals surface area contributed by atoms with E-state index in [4.69, 9.17) is 9.47 Å². The number of fused-ring (bicyclic) bond motifs is 3. The van der Waals surface area contributed by atoms with Crippen molar-refractivity contribution >= 4 is 12.1 Å². The number of hydrogen-bond acceptors (Lipinski definition) is 4. The highest BCUT2D eigenvalue weighted by atomic mass is 16.5. The molecule has 1 atom stereocenters. The minimum atomic E-state index is -1.23. The molecule has 6 nitrogen and oxygen atoms in total. The summed E-state index contributed by atoms with van der Waals surface area (Å²) in [5.74, 6) is -0.648. The third-order valence-electron chi connectivity index (χ3n) is 5.49. The molecule has 6 heteroatoms. The lowest BCUT2D eigenvalue weighted by molar-refractivity contribution is -0.139. The number of hydrogen-bond donors (Lipinski definition) is 2. The highest BCUT2D eigenvalue weighted by Gasteiger charge is 2.30. The van der Waals surface area contributed by atoms with E-state index in [1.807, 2.05) is 57.2 Å². The summed E-state index contributed by atoms with van der Waals surface area (Å²) in [6.07, 6.45) is -0.778. The Bertz CT molecular complexity index is 1120. The topological polar surface area (TPSA) is 84.9 Å². The molecule has 0 heterocycles. The van der Waals surface area contributed by atoms with Crippen LogP contribution in [0, 0.1) is 0 Å². The van der Waals surface area contributed by atoms with E-state index >= 15 is 0 Å². The molecule has 4 rings (SSSR count). The Morgan fingerprint density at radius 2 is 1.45 bits per heavy atom. The molecule has 0 unspecified atom stereocenters. The van der Waals surface area contributed by atoms with Crippen LogP contribution in [0.2, 0.25) is 0 Å². The molecule has 1 aliphatic rings. The van der Waals surface area contributed by atoms with Crippen LogP contribution >= 0.6 is 0 Å². The molecule has 33 heavy (non-hydrogen) atoms. The average molecular weight is 446 g/mol. The number of nitrogens with one attached hydrogen (secondary N) is 1. The first-order valence-electron chi connectivity index (χ1n) is 10.9. The summed E-state index contributed by atoms with van der Waals surface area (Å²) in [4.78, 5) is 24.4. The summed E-state index contributed by atoms with van der Waals surface area (Å²) in [5.41, 5.74) is 4.50. The van der Waals surface area contributed by atoms with Crippen molar-refractivity contribution in [2.24, 2.45) is 0 Å². The highest BCUT2D eigenvalue weighted by Crippen LogP contribution is 2.44. The van der Waals surface area contributed by atoms with Gasteiger partial charge in [0.15, 0.2) is 6.04 Å². The molecule has 1 amide bonds. The van der Waals surface area contributed by atoms with Crippen LogP contribution in [0.3, 0.4) is 0 Å². The Hall–Kier alpha value is -3.80. The number of alkyl carbamates (subject to hydrolysis) is 1. The number of benzene rings is 3. The number of carbonyl (C=O) groups is 2. The molecule has 0 spiro atoms. The fourth-order valence-electron chi connectivity index (χ4n) is 4.13. The second-order valence-corrected chi connectivity index (χ2v) is 9.02. The maximum atomic E-state index is 12.5. The summed E-state index contributed by atoms with van der Waals surface area (Å²) >= 11 is 0. The second-order valence-electron chi connectivity index (χ2n) is 9.02. The molecule has 2 N–H and O–H groups in total. The zero-order chi connectivity index (χ0) is 23.6. The van der Waals surface area contributed by atoms with E-state index in [1.54, 1.807) is 24.3 Å². The minimum absolute atomic E-state index is 0.0970. The molecule has 1 aliphatic carbocycles. The standard InChI is InChI=1S/C27H27NO5/c1-27(2,3)33-18-14-12-17(13-15-18)24(25(29)30)28-26(31)32-16-23-21-10-6-4-8-19(21)20-9-5-7-11-22(20)23/h4-15,23-24H,16H2,1-3H3,(H,28,31)(H,29,30)/t24-/m1/s1. The van der Waals surface area contributed by atoms with Gasteiger partial charge in [0.1, 0.15) is 18.0 Å². The van der Waals surface area contributed by atoms with Crippen LogP contribution in [-0.4, -0.2) is 29.4 Å². The fourth-order valence-corrected chi connectivity index (χ4v) is 4.13. The van der Waals surface area contributed by atoms with Crippen LogP contribution in [-0.2, 0) is 9.53 Å². The lowest BCUT2D eigenvalue weighted by Gasteiger charge is -2.22. The quantitative estimate of drug-likeness (QED) is 0.521. The third kappa shape index (κ3) is 5.00. The van der Waals surface area contributed by atoms with Gasteiger partial charge >= 0.3 is 12.1 Å². The fraction of sp³-hybridized carbons (Fsp3) is 0.259. The van der Waals surface area contributed by atoms with Crippen LogP contribution in [0.1, 0.15) is 49.4 Å². The van der Waals surface area contributed by atoms with Gasteiger partial charge in [0.05, 0.1) is 0 Å². The zero-order valence-electron chi connectivity index (χ0n) is 18.9. The molecular formula is C27H27NO5. The van der Waals surface area contributed by atoms with Crippen molar-refractivity contribution in [1.82, 2.24) is 5.32 Å². The number of ether oxygens (including phenoxy) is 2. The second kappa shape index (κ2) is 8.98. The average Bonchev–Trinajstić information content (AvgIpc) is 3.09. The first-order chi connectivity index (χ1) is 15.7. The lowest BCUT2D eigenvalue weighted by Crippen LogP contribution is -2.34. The van der Waals surface area contributed by atoms with Gasteiger partial charge in [-0.25, -0.2) is 9.59 Å². The molecule has 0 saturated carbocycles. The maximum absolute atomic E-state index is 12.5. The Balaban J connectivity index is 1.44. The Morgan fingerprint density at radius 3 is 1.97 bits per heavy atom. The lowest BCUT2D eigenvalue weighted by atomic mass is 9.98. The van der Waals surface area contributed by atoms with Crippen LogP contribution < -0.4 is 10.1 Å². The first-order valence-corrected chi connectivity index (χ1v) is 10.9. The Morgan fingerprint density at radius 1 is 0.909 bits per heavy atom. The Labute approximate surface area is 193 Å². The summed E-state index contributed by atoms with van der Waals surface area (Å²) < 4.78 is 11.3. The van der Waals surface area contributed by atoms with Gasteiger partial charge in [0.2, 0.25) is 0 Å². The van der Waals surface area contributed by atoms with Gasteiger partial charge in [0, 0.05) is 5.92 Å². The van der Waals surface area contributed by atoms with Gasteiger partial charge in [0.25, 0.3) is 0 Å². The van der Waals surface area contributed by atoms with Crippen molar-refractivity contribution in [3.05, 3.63) is 89.5 Å². The molecular weight excluding hydrogens is 418 g/mol. The molecule has 0 bridgehead atoms. The van der Waals surface area contributed by atoms with Crippen LogP contribution in [0.4, 0.5) is 4.79 Å². The SMILES string of the molecule is CC(C)(C)Oc1ccc([C@@H](NC(=O)OCC2c3ccccc3-c3ccccc32)C(=O)O)cc1. The van der Waals surface area contributed by atoms with Gasteiger partial charge in [-0.2, -0.15) is 0 Å². The number of carbonyl (C=O) groups excluding carboxylic acids is 1. The van der Waals surface area contributed by atoms with Gasteiger partial charge in [-0.15, -0.1) is 0 Å². The molecule has 0 radical (unpaired) electrons. The van der Waals surface area contributed by atoms with Crippen molar-refractivity contribution in [2.75, 3.05) is 6.61 Å². The number of rotatable bonds is 6. The number of amides is 1. The summed E-state index contributed by atoms with van der Waals surface area (Å²) in [5, 5.41) is 12.1. The number of carboxylic acid groups (broad SMARTS) is 1. The van der Waals surface area contributed by atoms with Crippen LogP contribution in [0.5, 0.6) is 5.75 Å². The van der Waals surface area contributed by atoms with Crippen molar-refractivity contribution in [3.63, 3.8) is 0 Å². The van der Waals surface area contributed by atoms with E-state index in [-0.39, 0.29) is 18.1 Å². The molecule has 3 aromatic rings. The van der Waals surface area contributed by atoms with Crippen molar-refractivity contribution < 1.29 is 24.2 Å². The van der Waals surface area contributed by atoms with Gasteiger partial charge < -0.3 is 19.9 Å². The molecule has 170 valence electrons. The number of aliphatic carboxylic acids is 1. The van der Waals surface area contributed by atoms with Gasteiger partial charge in [-0.3, -0.25) is 0 Å². The molecule has 0 aliphatic heterocycles. The van der Waals surface area contributed by atoms with Gasteiger partial charge in [-0.05, 0) is 60.7 Å². The smallest absolute Gasteiger partial charge is 0.408 e. The predicted octanol–water partition coefficient (Wildman–Crippen LogP) is 5.53. The van der Waals surface area contributed by atoms with E-state index in [0.717, 1.165) is 22.3 Å². The third-order valence-corrected chi connectivity index (χ3v) is 5.49. The van der Waals surface area contributed by atoms with E-state index in [1.165, 1.54) is 0 Å². The largest absolute Gasteiger partial charge is 0.488 e. The van der Waals surface area contributed by atoms with E-state index in [9.17, 15) is 14.7 Å². The van der Waals surface area contributed by atoms with Crippen LogP contribution in [0.15, 0.2) is 72.8 Å². The van der Waals surface area contributed by atoms with Crippen molar-refractivity contribution in [3.8, 4) is 16.9 Å². The van der Waals surface area contributed by atoms with E-state index in [2.05, 4.69) is 17.4 Å². The monoisotopic (exact) mass is 445 g/mol. The summed E-state index contributed by atoms with van der Waals surface area (Å²) in [6.45, 7) is 5.91. The van der Waals surface area contributed by atoms with Crippen molar-refractivity contribution in [2.45, 2.75) is 38.3 Å².